The van der Waals surface area contributed by atoms with Crippen LogP contribution in [-0.2, 0) is 6.54 Å². The molecule has 0 bridgehead atoms. The maximum atomic E-state index is 13.6. The zero-order chi connectivity index (χ0) is 27.4. The number of carbonyl (C=O) groups is 1. The molecule has 1 amide bonds. The summed E-state index contributed by atoms with van der Waals surface area (Å²) in [5.74, 6) is 0.455. The van der Waals surface area contributed by atoms with Crippen LogP contribution in [0.1, 0.15) is 33.0 Å². The molecule has 0 spiro atoms. The number of rotatable bonds is 7. The Morgan fingerprint density at radius 3 is 2.49 bits per heavy atom. The Bertz CT molecular complexity index is 1640. The van der Waals surface area contributed by atoms with Gasteiger partial charge in [0.15, 0.2) is 5.82 Å². The third-order valence-electron chi connectivity index (χ3n) is 6.01. The van der Waals surface area contributed by atoms with Crippen LogP contribution in [-0.4, -0.2) is 30.8 Å². The smallest absolute Gasteiger partial charge is 0.270 e. The van der Waals surface area contributed by atoms with Crippen molar-refractivity contribution in [1.29, 1.82) is 0 Å². The molecule has 9 heteroatoms. The Morgan fingerprint density at radius 1 is 0.872 bits per heavy atom. The second-order valence-electron chi connectivity index (χ2n) is 9.17. The molecule has 0 aliphatic heterocycles. The zero-order valence-electron chi connectivity index (χ0n) is 21.7. The van der Waals surface area contributed by atoms with E-state index in [9.17, 15) is 9.18 Å². The van der Waals surface area contributed by atoms with E-state index in [1.54, 1.807) is 37.5 Å². The number of hydrogen-bond acceptors (Lipinski definition) is 7. The van der Waals surface area contributed by atoms with Gasteiger partial charge in [-0.25, -0.2) is 14.4 Å². The fraction of sp³-hybridized carbons (Fsp3) is 0.133. The Kier molecular flexibility index (Phi) is 7.31. The van der Waals surface area contributed by atoms with Gasteiger partial charge in [0.05, 0.1) is 11.9 Å². The van der Waals surface area contributed by atoms with Gasteiger partial charge in [-0.3, -0.25) is 19.7 Å². The first kappa shape index (κ1) is 25.6. The highest BCUT2D eigenvalue weighted by molar-refractivity contribution is 5.92. The summed E-state index contributed by atoms with van der Waals surface area (Å²) in [5.41, 5.74) is 6.60. The molecule has 0 saturated carbocycles. The predicted molar refractivity (Wildman–Crippen MR) is 148 cm³/mol. The van der Waals surface area contributed by atoms with Gasteiger partial charge in [0, 0.05) is 53.2 Å². The van der Waals surface area contributed by atoms with Gasteiger partial charge in [-0.2, -0.15) is 0 Å². The van der Waals surface area contributed by atoms with Gasteiger partial charge < -0.3 is 10.6 Å². The molecule has 0 atom stereocenters. The number of aromatic nitrogens is 5. The molecule has 8 nitrogen and oxygen atoms in total. The highest BCUT2D eigenvalue weighted by Crippen LogP contribution is 2.22. The lowest BCUT2D eigenvalue weighted by molar-refractivity contribution is 0.0946. The maximum absolute atomic E-state index is 13.6. The molecule has 4 heterocycles. The molecule has 39 heavy (non-hydrogen) atoms. The second-order valence-corrected chi connectivity index (χ2v) is 9.17. The first-order valence-electron chi connectivity index (χ1n) is 12.4. The topological polar surface area (TPSA) is 106 Å². The molecule has 0 fully saturated rings. The van der Waals surface area contributed by atoms with Crippen molar-refractivity contribution >= 4 is 17.4 Å². The minimum atomic E-state index is -0.416. The van der Waals surface area contributed by atoms with Crippen LogP contribution in [0.25, 0.3) is 22.6 Å². The number of nitrogens with zero attached hydrogens (tertiary/aromatic N) is 5. The molecule has 0 unspecified atom stereocenters. The number of amides is 1. The van der Waals surface area contributed by atoms with Gasteiger partial charge in [-0.15, -0.1) is 0 Å². The van der Waals surface area contributed by atoms with Gasteiger partial charge in [-0.05, 0) is 68.3 Å². The number of aryl methyl sites for hydroxylation is 3. The molecule has 0 radical (unpaired) electrons. The fourth-order valence-corrected chi connectivity index (χ4v) is 4.02. The summed E-state index contributed by atoms with van der Waals surface area (Å²) in [6.07, 6.45) is 4.41. The Hall–Kier alpha value is -5.05. The van der Waals surface area contributed by atoms with E-state index in [-0.39, 0.29) is 18.1 Å². The monoisotopic (exact) mass is 519 g/mol. The van der Waals surface area contributed by atoms with E-state index < -0.39 is 5.82 Å². The Labute approximate surface area is 225 Å². The average Bonchev–Trinajstić information content (AvgIpc) is 2.93. The molecule has 0 aliphatic rings. The van der Waals surface area contributed by atoms with Gasteiger partial charge >= 0.3 is 0 Å². The minimum Gasteiger partial charge on any atom is -0.347 e. The summed E-state index contributed by atoms with van der Waals surface area (Å²) in [6, 6.07) is 18.4. The van der Waals surface area contributed by atoms with Gasteiger partial charge in [0.1, 0.15) is 17.3 Å². The van der Waals surface area contributed by atoms with E-state index in [1.807, 2.05) is 50.2 Å². The van der Waals surface area contributed by atoms with Crippen LogP contribution < -0.4 is 10.6 Å². The van der Waals surface area contributed by atoms with Crippen molar-refractivity contribution in [2.24, 2.45) is 0 Å². The molecule has 4 aromatic heterocycles. The maximum Gasteiger partial charge on any atom is 0.270 e. The van der Waals surface area contributed by atoms with Crippen LogP contribution in [0, 0.1) is 26.6 Å². The summed E-state index contributed by atoms with van der Waals surface area (Å²) in [5, 5.41) is 6.16. The van der Waals surface area contributed by atoms with Crippen molar-refractivity contribution in [2.45, 2.75) is 27.3 Å². The molecule has 0 saturated heterocycles. The zero-order valence-corrected chi connectivity index (χ0v) is 21.7. The predicted octanol–water partition coefficient (Wildman–Crippen LogP) is 5.73. The van der Waals surface area contributed by atoms with Gasteiger partial charge in [-0.1, -0.05) is 18.2 Å². The van der Waals surface area contributed by atoms with E-state index in [2.05, 4.69) is 35.6 Å². The fourth-order valence-electron chi connectivity index (χ4n) is 4.02. The van der Waals surface area contributed by atoms with Crippen molar-refractivity contribution in [3.8, 4) is 22.6 Å². The first-order valence-corrected chi connectivity index (χ1v) is 12.4. The first-order chi connectivity index (χ1) is 18.8. The van der Waals surface area contributed by atoms with Crippen LogP contribution in [0.2, 0.25) is 0 Å². The second kappa shape index (κ2) is 11.1. The molecule has 2 N–H and O–H groups in total. The molecule has 194 valence electrons. The van der Waals surface area contributed by atoms with E-state index in [4.69, 9.17) is 0 Å². The van der Waals surface area contributed by atoms with E-state index >= 15 is 0 Å². The summed E-state index contributed by atoms with van der Waals surface area (Å²) >= 11 is 0. The number of halogens is 1. The van der Waals surface area contributed by atoms with Crippen molar-refractivity contribution in [3.05, 3.63) is 113 Å². The third-order valence-corrected chi connectivity index (χ3v) is 6.01. The molecule has 0 aliphatic carbocycles. The normalized spacial score (nSPS) is 10.8. The number of hydrogen-bond donors (Lipinski definition) is 2. The molecule has 1 aromatic carbocycles. The number of pyridine rings is 3. The summed E-state index contributed by atoms with van der Waals surface area (Å²) in [7, 11) is 0. The highest BCUT2D eigenvalue weighted by Gasteiger charge is 2.11. The molecular formula is C30H26FN7O. The average molecular weight is 520 g/mol. The summed E-state index contributed by atoms with van der Waals surface area (Å²) in [4.78, 5) is 34.6. The lowest BCUT2D eigenvalue weighted by atomic mass is 10.1. The van der Waals surface area contributed by atoms with Crippen molar-refractivity contribution < 1.29 is 9.18 Å². The Balaban J connectivity index is 1.23. The van der Waals surface area contributed by atoms with Crippen LogP contribution in [0.4, 0.5) is 15.9 Å². The molecule has 5 rings (SSSR count). The number of benzene rings is 1. The lowest BCUT2D eigenvalue weighted by Crippen LogP contribution is -2.23. The summed E-state index contributed by atoms with van der Waals surface area (Å²) < 4.78 is 13.6. The third kappa shape index (κ3) is 6.27. The minimum absolute atomic E-state index is 0.269. The van der Waals surface area contributed by atoms with E-state index in [1.165, 1.54) is 12.3 Å². The SMILES string of the molecule is Cc1cccc(Nc2cc(C)nc(-c3ccc(C(=O)NCc4ccc(-c5cc(F)cnc5C)nc4)nc3)n2)c1. The quantitative estimate of drug-likeness (QED) is 0.283. The number of nitrogens with one attached hydrogen (secondary N) is 2. The standard InChI is InChI=1S/C30H26FN7O/c1-18-5-4-6-24(11-18)37-28-12-19(2)36-29(38-28)22-8-10-27(34-16-22)30(39)35-15-21-7-9-26(33-14-21)25-13-23(31)17-32-20(25)3/h4-14,16-17H,15H2,1-3H3,(H,35,39)(H,36,37,38). The summed E-state index contributed by atoms with van der Waals surface area (Å²) in [6.45, 7) is 6.01. The van der Waals surface area contributed by atoms with Crippen LogP contribution in [0.5, 0.6) is 0 Å². The van der Waals surface area contributed by atoms with Crippen molar-refractivity contribution in [3.63, 3.8) is 0 Å². The van der Waals surface area contributed by atoms with E-state index in [0.29, 0.717) is 34.2 Å². The molecule has 5 aromatic rings. The van der Waals surface area contributed by atoms with Gasteiger partial charge in [0.25, 0.3) is 5.91 Å². The number of carbonyl (C=O) groups excluding carboxylic acids is 1. The van der Waals surface area contributed by atoms with Crippen LogP contribution in [0.3, 0.4) is 0 Å². The molecular weight excluding hydrogens is 493 g/mol. The lowest BCUT2D eigenvalue weighted by Gasteiger charge is -2.10. The van der Waals surface area contributed by atoms with Gasteiger partial charge in [0.2, 0.25) is 0 Å². The largest absolute Gasteiger partial charge is 0.347 e. The van der Waals surface area contributed by atoms with Crippen LogP contribution >= 0.6 is 0 Å². The number of anilines is 2. The van der Waals surface area contributed by atoms with Crippen molar-refractivity contribution in [2.75, 3.05) is 5.32 Å². The highest BCUT2D eigenvalue weighted by atomic mass is 19.1. The Morgan fingerprint density at radius 2 is 1.74 bits per heavy atom. The van der Waals surface area contributed by atoms with E-state index in [0.717, 1.165) is 22.5 Å². The van der Waals surface area contributed by atoms with Crippen molar-refractivity contribution in [1.82, 2.24) is 30.2 Å². The van der Waals surface area contributed by atoms with Crippen LogP contribution in [0.15, 0.2) is 79.3 Å².